The highest BCUT2D eigenvalue weighted by molar-refractivity contribution is 5.59. The molecule has 0 spiro atoms. The number of anilines is 1. The van der Waals surface area contributed by atoms with Gasteiger partial charge in [-0.3, -0.25) is 0 Å². The van der Waals surface area contributed by atoms with Crippen molar-refractivity contribution in [3.05, 3.63) is 23.8 Å². The standard InChI is InChI=1S/C14H23NO2/c1-4-6-10(2)9-12(16)11-7-5-8-13(17-3)14(11)15/h5,7-8,10,12,16H,4,6,9,15H2,1-3H3. The molecule has 0 saturated heterocycles. The van der Waals surface area contributed by atoms with Gasteiger partial charge in [-0.15, -0.1) is 0 Å². The van der Waals surface area contributed by atoms with E-state index in [4.69, 9.17) is 10.5 Å². The fourth-order valence-corrected chi connectivity index (χ4v) is 2.15. The minimum atomic E-state index is -0.508. The smallest absolute Gasteiger partial charge is 0.142 e. The van der Waals surface area contributed by atoms with Crippen molar-refractivity contribution in [2.75, 3.05) is 12.8 Å². The van der Waals surface area contributed by atoms with Gasteiger partial charge in [0.15, 0.2) is 0 Å². The third-order valence-electron chi connectivity index (χ3n) is 3.09. The van der Waals surface area contributed by atoms with Gasteiger partial charge in [-0.2, -0.15) is 0 Å². The highest BCUT2D eigenvalue weighted by Gasteiger charge is 2.16. The van der Waals surface area contributed by atoms with Crippen LogP contribution in [0.5, 0.6) is 5.75 Å². The first kappa shape index (κ1) is 13.8. The molecule has 3 heteroatoms. The maximum atomic E-state index is 10.2. The molecule has 0 amide bonds. The summed E-state index contributed by atoms with van der Waals surface area (Å²) >= 11 is 0. The van der Waals surface area contributed by atoms with E-state index < -0.39 is 6.10 Å². The van der Waals surface area contributed by atoms with E-state index in [1.165, 1.54) is 0 Å². The Labute approximate surface area is 104 Å². The summed E-state index contributed by atoms with van der Waals surface area (Å²) in [6.45, 7) is 4.31. The quantitative estimate of drug-likeness (QED) is 0.747. The first-order chi connectivity index (χ1) is 8.10. The van der Waals surface area contributed by atoms with Crippen LogP contribution in [0.3, 0.4) is 0 Å². The molecule has 17 heavy (non-hydrogen) atoms. The van der Waals surface area contributed by atoms with E-state index in [1.807, 2.05) is 12.1 Å². The van der Waals surface area contributed by atoms with Gasteiger partial charge in [0, 0.05) is 5.56 Å². The van der Waals surface area contributed by atoms with Crippen LogP contribution < -0.4 is 10.5 Å². The van der Waals surface area contributed by atoms with Gasteiger partial charge >= 0.3 is 0 Å². The van der Waals surface area contributed by atoms with Crippen LogP contribution in [-0.4, -0.2) is 12.2 Å². The number of para-hydroxylation sites is 1. The fraction of sp³-hybridized carbons (Fsp3) is 0.571. The summed E-state index contributed by atoms with van der Waals surface area (Å²) in [5.74, 6) is 1.13. The van der Waals surface area contributed by atoms with E-state index >= 15 is 0 Å². The van der Waals surface area contributed by atoms with Gasteiger partial charge in [0.2, 0.25) is 0 Å². The molecule has 2 unspecified atom stereocenters. The van der Waals surface area contributed by atoms with Gasteiger partial charge in [0.1, 0.15) is 5.75 Å². The van der Waals surface area contributed by atoms with Gasteiger partial charge < -0.3 is 15.6 Å². The van der Waals surface area contributed by atoms with Gasteiger partial charge in [-0.1, -0.05) is 38.8 Å². The van der Waals surface area contributed by atoms with E-state index in [2.05, 4.69) is 13.8 Å². The lowest BCUT2D eigenvalue weighted by atomic mass is 9.94. The molecule has 3 nitrogen and oxygen atoms in total. The molecule has 3 N–H and O–H groups in total. The molecule has 0 fully saturated rings. The first-order valence-corrected chi connectivity index (χ1v) is 6.20. The lowest BCUT2D eigenvalue weighted by molar-refractivity contribution is 0.145. The molecule has 96 valence electrons. The number of hydrogen-bond acceptors (Lipinski definition) is 3. The van der Waals surface area contributed by atoms with Crippen molar-refractivity contribution >= 4 is 5.69 Å². The van der Waals surface area contributed by atoms with Crippen molar-refractivity contribution < 1.29 is 9.84 Å². The van der Waals surface area contributed by atoms with Crippen molar-refractivity contribution in [2.45, 2.75) is 39.2 Å². The minimum Gasteiger partial charge on any atom is -0.495 e. The molecule has 0 aliphatic carbocycles. The molecule has 0 radical (unpaired) electrons. The number of aliphatic hydroxyl groups excluding tert-OH is 1. The summed E-state index contributed by atoms with van der Waals surface area (Å²) in [5, 5.41) is 10.2. The SMILES string of the molecule is CCCC(C)CC(O)c1cccc(OC)c1N. The van der Waals surface area contributed by atoms with Gasteiger partial charge in [-0.05, 0) is 18.4 Å². The molecular weight excluding hydrogens is 214 g/mol. The van der Waals surface area contributed by atoms with Crippen LogP contribution >= 0.6 is 0 Å². The number of methoxy groups -OCH3 is 1. The Morgan fingerprint density at radius 2 is 2.12 bits per heavy atom. The Morgan fingerprint density at radius 3 is 2.71 bits per heavy atom. The van der Waals surface area contributed by atoms with E-state index in [0.717, 1.165) is 24.8 Å². The summed E-state index contributed by atoms with van der Waals surface area (Å²) in [6, 6.07) is 5.53. The number of ether oxygens (including phenoxy) is 1. The van der Waals surface area contributed by atoms with Crippen LogP contribution in [0.2, 0.25) is 0 Å². The van der Waals surface area contributed by atoms with E-state index in [1.54, 1.807) is 13.2 Å². The van der Waals surface area contributed by atoms with Crippen LogP contribution in [0.15, 0.2) is 18.2 Å². The lowest BCUT2D eigenvalue weighted by Gasteiger charge is -2.18. The number of benzene rings is 1. The predicted octanol–water partition coefficient (Wildman–Crippen LogP) is 3.14. The number of hydrogen-bond donors (Lipinski definition) is 2. The van der Waals surface area contributed by atoms with Gasteiger partial charge in [0.25, 0.3) is 0 Å². The Kier molecular flexibility index (Phi) is 5.29. The molecule has 1 aromatic rings. The third kappa shape index (κ3) is 3.63. The zero-order valence-electron chi connectivity index (χ0n) is 10.9. The van der Waals surface area contributed by atoms with Gasteiger partial charge in [-0.25, -0.2) is 0 Å². The highest BCUT2D eigenvalue weighted by atomic mass is 16.5. The highest BCUT2D eigenvalue weighted by Crippen LogP contribution is 2.32. The normalized spacial score (nSPS) is 14.4. The maximum absolute atomic E-state index is 10.2. The van der Waals surface area contributed by atoms with E-state index in [0.29, 0.717) is 17.4 Å². The monoisotopic (exact) mass is 237 g/mol. The molecule has 1 rings (SSSR count). The fourth-order valence-electron chi connectivity index (χ4n) is 2.15. The van der Waals surface area contributed by atoms with E-state index in [9.17, 15) is 5.11 Å². The average molecular weight is 237 g/mol. The Bertz CT molecular complexity index is 352. The number of nitrogen functional groups attached to an aromatic ring is 1. The molecule has 0 saturated carbocycles. The second-order valence-electron chi connectivity index (χ2n) is 4.61. The molecule has 2 atom stereocenters. The van der Waals surface area contributed by atoms with Crippen LogP contribution in [0.1, 0.15) is 44.8 Å². The van der Waals surface area contributed by atoms with Crippen LogP contribution in [0.4, 0.5) is 5.69 Å². The van der Waals surface area contributed by atoms with Gasteiger partial charge in [0.05, 0.1) is 18.9 Å². The Balaban J connectivity index is 2.78. The summed E-state index contributed by atoms with van der Waals surface area (Å²) < 4.78 is 5.15. The molecular formula is C14H23NO2. The summed E-state index contributed by atoms with van der Waals surface area (Å²) in [7, 11) is 1.58. The van der Waals surface area contributed by atoms with E-state index in [-0.39, 0.29) is 0 Å². The predicted molar refractivity (Wildman–Crippen MR) is 71.1 cm³/mol. The van der Waals surface area contributed by atoms with Crippen molar-refractivity contribution in [3.63, 3.8) is 0 Å². The third-order valence-corrected chi connectivity index (χ3v) is 3.09. The summed E-state index contributed by atoms with van der Waals surface area (Å²) in [6.07, 6.45) is 2.50. The molecule has 0 heterocycles. The van der Waals surface area contributed by atoms with Crippen LogP contribution in [-0.2, 0) is 0 Å². The summed E-state index contributed by atoms with van der Waals surface area (Å²) in [4.78, 5) is 0. The Hall–Kier alpha value is -1.22. The zero-order chi connectivity index (χ0) is 12.8. The number of aliphatic hydroxyl groups is 1. The van der Waals surface area contributed by atoms with Crippen molar-refractivity contribution in [2.24, 2.45) is 5.92 Å². The first-order valence-electron chi connectivity index (χ1n) is 6.20. The topological polar surface area (TPSA) is 55.5 Å². The zero-order valence-corrected chi connectivity index (χ0v) is 10.9. The van der Waals surface area contributed by atoms with Crippen molar-refractivity contribution in [3.8, 4) is 5.75 Å². The second kappa shape index (κ2) is 6.50. The van der Waals surface area contributed by atoms with Crippen molar-refractivity contribution in [1.29, 1.82) is 0 Å². The van der Waals surface area contributed by atoms with Crippen LogP contribution in [0.25, 0.3) is 0 Å². The summed E-state index contributed by atoms with van der Waals surface area (Å²) in [5.41, 5.74) is 7.28. The largest absolute Gasteiger partial charge is 0.495 e. The molecule has 0 aromatic heterocycles. The molecule has 0 aliphatic rings. The minimum absolute atomic E-state index is 0.501. The second-order valence-corrected chi connectivity index (χ2v) is 4.61. The number of nitrogens with two attached hydrogens (primary N) is 1. The number of rotatable bonds is 6. The Morgan fingerprint density at radius 1 is 1.41 bits per heavy atom. The average Bonchev–Trinajstić information content (AvgIpc) is 2.29. The molecule has 0 aliphatic heterocycles. The molecule has 0 bridgehead atoms. The maximum Gasteiger partial charge on any atom is 0.142 e. The lowest BCUT2D eigenvalue weighted by Crippen LogP contribution is -2.08. The van der Waals surface area contributed by atoms with Crippen molar-refractivity contribution in [1.82, 2.24) is 0 Å². The van der Waals surface area contributed by atoms with Crippen LogP contribution in [0, 0.1) is 5.92 Å². The molecule has 1 aromatic carbocycles.